The van der Waals surface area contributed by atoms with Crippen LogP contribution in [0, 0.1) is 5.92 Å². The molecule has 0 aromatic rings. The molecule has 0 aliphatic carbocycles. The maximum absolute atomic E-state index is 11.9. The molecule has 1 rings (SSSR count). The second-order valence-corrected chi connectivity index (χ2v) is 6.43. The van der Waals surface area contributed by atoms with Crippen molar-refractivity contribution in [3.63, 3.8) is 0 Å². The third kappa shape index (κ3) is 3.69. The molecule has 0 spiro atoms. The highest BCUT2D eigenvalue weighted by molar-refractivity contribution is 8.01. The van der Waals surface area contributed by atoms with Crippen LogP contribution >= 0.6 is 11.8 Å². The van der Waals surface area contributed by atoms with Gasteiger partial charge in [0.1, 0.15) is 0 Å². The van der Waals surface area contributed by atoms with E-state index in [-0.39, 0.29) is 34.7 Å². The van der Waals surface area contributed by atoms with Crippen molar-refractivity contribution in [1.82, 2.24) is 5.06 Å². The first-order valence-corrected chi connectivity index (χ1v) is 6.64. The van der Waals surface area contributed by atoms with E-state index in [1.807, 2.05) is 13.8 Å². The van der Waals surface area contributed by atoms with Gasteiger partial charge in [-0.3, -0.25) is 9.59 Å². The monoisotopic (exact) mass is 261 g/mol. The Morgan fingerprint density at radius 3 is 2.41 bits per heavy atom. The van der Waals surface area contributed by atoms with E-state index in [1.165, 1.54) is 11.8 Å². The molecule has 2 atom stereocenters. The van der Waals surface area contributed by atoms with Crippen LogP contribution in [-0.4, -0.2) is 38.8 Å². The van der Waals surface area contributed by atoms with Crippen molar-refractivity contribution in [2.75, 3.05) is 0 Å². The Bertz CT molecular complexity index is 306. The van der Waals surface area contributed by atoms with Crippen LogP contribution in [-0.2, 0) is 14.4 Å². The normalized spacial score (nSPS) is 23.0. The number of amides is 2. The summed E-state index contributed by atoms with van der Waals surface area (Å²) in [4.78, 5) is 28.4. The van der Waals surface area contributed by atoms with Gasteiger partial charge in [0, 0.05) is 5.92 Å². The fourth-order valence-electron chi connectivity index (χ4n) is 1.36. The van der Waals surface area contributed by atoms with Gasteiger partial charge in [0.05, 0.1) is 11.7 Å². The zero-order chi connectivity index (χ0) is 13.2. The average Bonchev–Trinajstić information content (AvgIpc) is 2.44. The summed E-state index contributed by atoms with van der Waals surface area (Å²) in [6, 6.07) is 0. The molecule has 0 bridgehead atoms. The summed E-state index contributed by atoms with van der Waals surface area (Å²) in [7, 11) is 0. The van der Waals surface area contributed by atoms with Crippen LogP contribution in [0.3, 0.4) is 0 Å². The third-order valence-corrected chi connectivity index (χ3v) is 3.52. The molecule has 1 aliphatic heterocycles. The first-order valence-electron chi connectivity index (χ1n) is 5.70. The molecule has 1 fully saturated rings. The number of aliphatic hydroxyl groups is 1. The lowest BCUT2D eigenvalue weighted by Crippen LogP contribution is -2.37. The quantitative estimate of drug-likeness (QED) is 0.594. The molecule has 5 nitrogen and oxygen atoms in total. The highest BCUT2D eigenvalue weighted by Crippen LogP contribution is 2.29. The summed E-state index contributed by atoms with van der Waals surface area (Å²) in [6.07, 6.45) is -0.988. The predicted molar refractivity (Wildman–Crippen MR) is 64.9 cm³/mol. The summed E-state index contributed by atoms with van der Waals surface area (Å²) in [5.41, 5.74) is 0. The molecule has 0 saturated carbocycles. The first-order chi connectivity index (χ1) is 7.82. The molecule has 98 valence electrons. The molecule has 1 heterocycles. The maximum atomic E-state index is 11.9. The van der Waals surface area contributed by atoms with E-state index in [2.05, 4.69) is 0 Å². The highest BCUT2D eigenvalue weighted by Gasteiger charge is 2.41. The van der Waals surface area contributed by atoms with Crippen molar-refractivity contribution in [2.24, 2.45) is 5.92 Å². The van der Waals surface area contributed by atoms with Gasteiger partial charge in [-0.2, -0.15) is 0 Å². The van der Waals surface area contributed by atoms with Crippen molar-refractivity contribution >= 4 is 23.6 Å². The molecule has 2 unspecified atom stereocenters. The van der Waals surface area contributed by atoms with E-state index in [0.29, 0.717) is 5.06 Å². The Morgan fingerprint density at radius 2 is 1.94 bits per heavy atom. The number of thioether (sulfide) groups is 1. The van der Waals surface area contributed by atoms with Gasteiger partial charge in [0.25, 0.3) is 11.8 Å². The average molecular weight is 261 g/mol. The van der Waals surface area contributed by atoms with Crippen LogP contribution in [0.15, 0.2) is 0 Å². The van der Waals surface area contributed by atoms with Crippen LogP contribution < -0.4 is 0 Å². The fraction of sp³-hybridized carbons (Fsp3) is 0.818. The minimum absolute atomic E-state index is 0.145. The standard InChI is InChI=1S/C11H19NO4S/c1-6(2)11(15)16-12-9(13)5-8(10(12)14)17-7(3)4/h6-8,11,15H,5H2,1-4H3. The number of nitrogens with zero attached hydrogens (tertiary/aromatic N) is 1. The second-order valence-electron chi connectivity index (χ2n) is 4.64. The van der Waals surface area contributed by atoms with Gasteiger partial charge in [-0.15, -0.1) is 16.8 Å². The molecule has 1 saturated heterocycles. The SMILES string of the molecule is CC(C)SC1CC(=O)N(OC(O)C(C)C)C1=O. The molecular weight excluding hydrogens is 242 g/mol. The Hall–Kier alpha value is -0.590. The number of imide groups is 1. The lowest BCUT2D eigenvalue weighted by molar-refractivity contribution is -0.255. The van der Waals surface area contributed by atoms with Gasteiger partial charge >= 0.3 is 0 Å². The van der Waals surface area contributed by atoms with E-state index in [0.717, 1.165) is 0 Å². The smallest absolute Gasteiger partial charge is 0.267 e. The number of hydroxylamine groups is 2. The topological polar surface area (TPSA) is 66.8 Å². The maximum Gasteiger partial charge on any atom is 0.267 e. The van der Waals surface area contributed by atoms with Crippen molar-refractivity contribution in [3.8, 4) is 0 Å². The van der Waals surface area contributed by atoms with Crippen LogP contribution in [0.1, 0.15) is 34.1 Å². The van der Waals surface area contributed by atoms with Gasteiger partial charge in [0.2, 0.25) is 0 Å². The molecule has 6 heteroatoms. The highest BCUT2D eigenvalue weighted by atomic mass is 32.2. The molecule has 1 aliphatic rings. The minimum atomic E-state index is -1.13. The van der Waals surface area contributed by atoms with Gasteiger partial charge in [0.15, 0.2) is 6.29 Å². The summed E-state index contributed by atoms with van der Waals surface area (Å²) < 4.78 is 0. The predicted octanol–water partition coefficient (Wildman–Crippen LogP) is 1.16. The zero-order valence-electron chi connectivity index (χ0n) is 10.5. The van der Waals surface area contributed by atoms with Gasteiger partial charge in [-0.05, 0) is 5.25 Å². The summed E-state index contributed by atoms with van der Waals surface area (Å²) in [5.74, 6) is -0.923. The Morgan fingerprint density at radius 1 is 1.35 bits per heavy atom. The Labute approximate surface area is 105 Å². The minimum Gasteiger partial charge on any atom is -0.366 e. The van der Waals surface area contributed by atoms with Gasteiger partial charge in [-0.1, -0.05) is 27.7 Å². The Balaban J connectivity index is 2.62. The lowest BCUT2D eigenvalue weighted by atomic mass is 10.2. The van der Waals surface area contributed by atoms with Crippen LogP contribution in [0.5, 0.6) is 0 Å². The summed E-state index contributed by atoms with van der Waals surface area (Å²) in [5, 5.41) is 10.1. The molecule has 2 amide bonds. The zero-order valence-corrected chi connectivity index (χ0v) is 11.4. The number of carbonyl (C=O) groups excluding carboxylic acids is 2. The number of hydrogen-bond acceptors (Lipinski definition) is 5. The van der Waals surface area contributed by atoms with E-state index < -0.39 is 6.29 Å². The van der Waals surface area contributed by atoms with Crippen molar-refractivity contribution in [2.45, 2.75) is 50.9 Å². The van der Waals surface area contributed by atoms with Crippen molar-refractivity contribution in [1.29, 1.82) is 0 Å². The number of carbonyl (C=O) groups is 2. The molecule has 0 aromatic heterocycles. The number of hydrogen-bond donors (Lipinski definition) is 1. The van der Waals surface area contributed by atoms with E-state index in [9.17, 15) is 14.7 Å². The number of aliphatic hydroxyl groups excluding tert-OH is 1. The van der Waals surface area contributed by atoms with Gasteiger partial charge < -0.3 is 5.11 Å². The fourth-order valence-corrected chi connectivity index (χ4v) is 2.47. The first kappa shape index (κ1) is 14.5. The van der Waals surface area contributed by atoms with E-state index >= 15 is 0 Å². The summed E-state index contributed by atoms with van der Waals surface area (Å²) >= 11 is 1.44. The van der Waals surface area contributed by atoms with Crippen LogP contribution in [0.25, 0.3) is 0 Å². The summed E-state index contributed by atoms with van der Waals surface area (Å²) in [6.45, 7) is 7.43. The lowest BCUT2D eigenvalue weighted by Gasteiger charge is -2.21. The van der Waals surface area contributed by atoms with E-state index in [1.54, 1.807) is 13.8 Å². The molecule has 17 heavy (non-hydrogen) atoms. The van der Waals surface area contributed by atoms with Crippen LogP contribution in [0.4, 0.5) is 0 Å². The largest absolute Gasteiger partial charge is 0.366 e. The van der Waals surface area contributed by atoms with Crippen molar-refractivity contribution in [3.05, 3.63) is 0 Å². The molecule has 0 aromatic carbocycles. The Kier molecular flexibility index (Phi) is 4.97. The second kappa shape index (κ2) is 5.84. The van der Waals surface area contributed by atoms with Gasteiger partial charge in [-0.25, -0.2) is 4.84 Å². The number of rotatable bonds is 5. The molecule has 1 N–H and O–H groups in total. The molecule has 0 radical (unpaired) electrons. The van der Waals surface area contributed by atoms with Crippen LogP contribution in [0.2, 0.25) is 0 Å². The third-order valence-electron chi connectivity index (χ3n) is 2.28. The molecular formula is C11H19NO4S. The van der Waals surface area contributed by atoms with Crippen molar-refractivity contribution < 1.29 is 19.5 Å². The van der Waals surface area contributed by atoms with E-state index in [4.69, 9.17) is 4.84 Å².